The molecule has 2 aromatic rings. The number of benzene rings is 1. The summed E-state index contributed by atoms with van der Waals surface area (Å²) in [6, 6.07) is 9.74. The number of piperidine rings is 1. The minimum absolute atomic E-state index is 0.00513. The number of amides is 2. The molecular weight excluding hydrogens is 400 g/mol. The molecule has 1 aromatic carbocycles. The SMILES string of the molecule is COc1cc(OC)cc(C(=O)N2CCC(C(=O)N(Cc3cccs3)C3CC3)CC2)c1. The molecule has 0 N–H and O–H groups in total. The molecule has 0 bridgehead atoms. The van der Waals surface area contributed by atoms with E-state index < -0.39 is 0 Å². The van der Waals surface area contributed by atoms with Gasteiger partial charge in [-0.05, 0) is 49.3 Å². The van der Waals surface area contributed by atoms with Crippen LogP contribution in [0.4, 0.5) is 0 Å². The molecule has 1 aliphatic heterocycles. The third-order valence-electron chi connectivity index (χ3n) is 5.91. The molecule has 160 valence electrons. The van der Waals surface area contributed by atoms with Crippen molar-refractivity contribution in [2.75, 3.05) is 27.3 Å². The molecule has 1 aromatic heterocycles. The standard InChI is InChI=1S/C23H28N2O4S/c1-28-19-12-17(13-20(14-19)29-2)22(26)24-9-7-16(8-10-24)23(27)25(18-5-6-18)15-21-4-3-11-30-21/h3-4,11-14,16,18H,5-10,15H2,1-2H3. The zero-order valence-corrected chi connectivity index (χ0v) is 18.3. The normalized spacial score (nSPS) is 16.9. The number of methoxy groups -OCH3 is 2. The third kappa shape index (κ3) is 4.61. The van der Waals surface area contributed by atoms with Gasteiger partial charge >= 0.3 is 0 Å². The molecule has 2 fully saturated rings. The lowest BCUT2D eigenvalue weighted by Crippen LogP contribution is -2.44. The summed E-state index contributed by atoms with van der Waals surface area (Å²) in [5, 5.41) is 2.06. The molecule has 1 saturated heterocycles. The molecule has 1 saturated carbocycles. The number of nitrogens with zero attached hydrogens (tertiary/aromatic N) is 2. The van der Waals surface area contributed by atoms with E-state index in [1.807, 2.05) is 11.0 Å². The van der Waals surface area contributed by atoms with Crippen molar-refractivity contribution in [1.29, 1.82) is 0 Å². The number of carbonyl (C=O) groups excluding carboxylic acids is 2. The summed E-state index contributed by atoms with van der Waals surface area (Å²) in [5.74, 6) is 1.39. The van der Waals surface area contributed by atoms with Crippen LogP contribution in [0.2, 0.25) is 0 Å². The van der Waals surface area contributed by atoms with Crippen LogP contribution in [0.1, 0.15) is 40.9 Å². The topological polar surface area (TPSA) is 59.1 Å². The van der Waals surface area contributed by atoms with Crippen LogP contribution in [0.3, 0.4) is 0 Å². The number of ether oxygens (including phenoxy) is 2. The van der Waals surface area contributed by atoms with Crippen LogP contribution in [0, 0.1) is 5.92 Å². The predicted octanol–water partition coefficient (Wildman–Crippen LogP) is 3.81. The molecule has 1 aliphatic carbocycles. The average molecular weight is 429 g/mol. The maximum atomic E-state index is 13.2. The van der Waals surface area contributed by atoms with Gasteiger partial charge in [0, 0.05) is 41.6 Å². The number of rotatable bonds is 7. The zero-order chi connectivity index (χ0) is 21.1. The van der Waals surface area contributed by atoms with Crippen molar-refractivity contribution in [3.8, 4) is 11.5 Å². The number of hydrogen-bond donors (Lipinski definition) is 0. The van der Waals surface area contributed by atoms with E-state index in [1.165, 1.54) is 4.88 Å². The monoisotopic (exact) mass is 428 g/mol. The van der Waals surface area contributed by atoms with Gasteiger partial charge in [0.25, 0.3) is 5.91 Å². The highest BCUT2D eigenvalue weighted by molar-refractivity contribution is 7.09. The second-order valence-electron chi connectivity index (χ2n) is 7.94. The number of likely N-dealkylation sites (tertiary alicyclic amines) is 1. The van der Waals surface area contributed by atoms with E-state index >= 15 is 0 Å². The van der Waals surface area contributed by atoms with Gasteiger partial charge in [-0.1, -0.05) is 6.07 Å². The predicted molar refractivity (Wildman–Crippen MR) is 116 cm³/mol. The Morgan fingerprint density at radius 2 is 1.73 bits per heavy atom. The van der Waals surface area contributed by atoms with E-state index in [0.717, 1.165) is 12.8 Å². The van der Waals surface area contributed by atoms with Crippen molar-refractivity contribution in [2.45, 2.75) is 38.3 Å². The molecule has 0 radical (unpaired) electrons. The summed E-state index contributed by atoms with van der Waals surface area (Å²) in [5.41, 5.74) is 0.549. The van der Waals surface area contributed by atoms with Gasteiger partial charge in [-0.15, -0.1) is 11.3 Å². The highest BCUT2D eigenvalue weighted by Gasteiger charge is 2.37. The molecule has 0 spiro atoms. The maximum Gasteiger partial charge on any atom is 0.254 e. The van der Waals surface area contributed by atoms with Gasteiger partial charge in [0.1, 0.15) is 11.5 Å². The summed E-state index contributed by atoms with van der Waals surface area (Å²) >= 11 is 1.70. The quantitative estimate of drug-likeness (QED) is 0.673. The van der Waals surface area contributed by atoms with Crippen molar-refractivity contribution >= 4 is 23.2 Å². The number of hydrogen-bond acceptors (Lipinski definition) is 5. The van der Waals surface area contributed by atoms with Crippen LogP contribution in [0.15, 0.2) is 35.7 Å². The summed E-state index contributed by atoms with van der Waals surface area (Å²) in [7, 11) is 3.14. The first-order valence-corrected chi connectivity index (χ1v) is 11.3. The largest absolute Gasteiger partial charge is 0.497 e. The molecule has 2 heterocycles. The van der Waals surface area contributed by atoms with E-state index in [1.54, 1.807) is 43.8 Å². The fourth-order valence-corrected chi connectivity index (χ4v) is 4.72. The Hall–Kier alpha value is -2.54. The van der Waals surface area contributed by atoms with Gasteiger partial charge in [0.2, 0.25) is 5.91 Å². The Balaban J connectivity index is 1.38. The highest BCUT2D eigenvalue weighted by Crippen LogP contribution is 2.33. The Labute approximate surface area is 181 Å². The van der Waals surface area contributed by atoms with Crippen LogP contribution in [0.5, 0.6) is 11.5 Å². The first kappa shape index (κ1) is 20.7. The van der Waals surface area contributed by atoms with Crippen LogP contribution in [0.25, 0.3) is 0 Å². The average Bonchev–Trinajstić information content (AvgIpc) is 3.51. The Morgan fingerprint density at radius 3 is 2.27 bits per heavy atom. The highest BCUT2D eigenvalue weighted by atomic mass is 32.1. The molecule has 0 atom stereocenters. The summed E-state index contributed by atoms with van der Waals surface area (Å²) in [6.07, 6.45) is 3.62. The number of carbonyl (C=O) groups is 2. The zero-order valence-electron chi connectivity index (χ0n) is 17.5. The van der Waals surface area contributed by atoms with Crippen LogP contribution in [-0.4, -0.2) is 55.0 Å². The van der Waals surface area contributed by atoms with Crippen LogP contribution in [-0.2, 0) is 11.3 Å². The Bertz CT molecular complexity index is 864. The second-order valence-corrected chi connectivity index (χ2v) is 8.98. The van der Waals surface area contributed by atoms with Crippen LogP contribution >= 0.6 is 11.3 Å². The van der Waals surface area contributed by atoms with Gasteiger partial charge in [0.05, 0.1) is 20.8 Å². The van der Waals surface area contributed by atoms with Crippen molar-refractivity contribution in [3.63, 3.8) is 0 Å². The van der Waals surface area contributed by atoms with Gasteiger partial charge in [-0.2, -0.15) is 0 Å². The fourth-order valence-electron chi connectivity index (χ4n) is 4.02. The minimum atomic E-state index is -0.0456. The molecule has 30 heavy (non-hydrogen) atoms. The fraction of sp³-hybridized carbons (Fsp3) is 0.478. The number of thiophene rings is 1. The van der Waals surface area contributed by atoms with Gasteiger partial charge in [-0.3, -0.25) is 9.59 Å². The molecule has 2 aliphatic rings. The van der Waals surface area contributed by atoms with Crippen molar-refractivity contribution < 1.29 is 19.1 Å². The van der Waals surface area contributed by atoms with Gasteiger partial charge in [-0.25, -0.2) is 0 Å². The summed E-state index contributed by atoms with van der Waals surface area (Å²) in [4.78, 5) is 31.3. The molecular formula is C23H28N2O4S. The molecule has 6 nitrogen and oxygen atoms in total. The molecule has 7 heteroatoms. The van der Waals surface area contributed by atoms with Crippen molar-refractivity contribution in [3.05, 3.63) is 46.2 Å². The van der Waals surface area contributed by atoms with Crippen molar-refractivity contribution in [1.82, 2.24) is 9.80 Å². The Morgan fingerprint density at radius 1 is 1.07 bits per heavy atom. The first-order chi connectivity index (χ1) is 14.6. The molecule has 0 unspecified atom stereocenters. The first-order valence-electron chi connectivity index (χ1n) is 10.4. The molecule has 2 amide bonds. The Kier molecular flexibility index (Phi) is 6.27. The van der Waals surface area contributed by atoms with E-state index in [4.69, 9.17) is 9.47 Å². The lowest BCUT2D eigenvalue weighted by atomic mass is 9.94. The third-order valence-corrected chi connectivity index (χ3v) is 6.77. The lowest BCUT2D eigenvalue weighted by molar-refractivity contribution is -0.138. The van der Waals surface area contributed by atoms with E-state index in [2.05, 4.69) is 16.3 Å². The van der Waals surface area contributed by atoms with Crippen molar-refractivity contribution in [2.24, 2.45) is 5.92 Å². The molecule has 4 rings (SSSR count). The van der Waals surface area contributed by atoms with Gasteiger partial charge < -0.3 is 19.3 Å². The van der Waals surface area contributed by atoms with E-state index in [9.17, 15) is 9.59 Å². The van der Waals surface area contributed by atoms with E-state index in [0.29, 0.717) is 55.6 Å². The van der Waals surface area contributed by atoms with Gasteiger partial charge in [0.15, 0.2) is 0 Å². The summed E-state index contributed by atoms with van der Waals surface area (Å²) in [6.45, 7) is 1.89. The maximum absolute atomic E-state index is 13.2. The van der Waals surface area contributed by atoms with Crippen LogP contribution < -0.4 is 9.47 Å². The minimum Gasteiger partial charge on any atom is -0.497 e. The smallest absolute Gasteiger partial charge is 0.254 e. The summed E-state index contributed by atoms with van der Waals surface area (Å²) < 4.78 is 10.6. The van der Waals surface area contributed by atoms with E-state index in [-0.39, 0.29) is 17.7 Å². The lowest BCUT2D eigenvalue weighted by Gasteiger charge is -2.34. The second kappa shape index (κ2) is 9.08.